The van der Waals surface area contributed by atoms with E-state index in [0.717, 1.165) is 11.3 Å². The van der Waals surface area contributed by atoms with Crippen LogP contribution in [0, 0.1) is 0 Å². The first kappa shape index (κ1) is 19.9. The van der Waals surface area contributed by atoms with Crippen LogP contribution in [-0.4, -0.2) is 11.8 Å². The van der Waals surface area contributed by atoms with Gasteiger partial charge in [0.15, 0.2) is 0 Å². The van der Waals surface area contributed by atoms with Gasteiger partial charge in [0.25, 0.3) is 0 Å². The van der Waals surface area contributed by atoms with E-state index in [2.05, 4.69) is 20.9 Å². The fraction of sp³-hybridized carbons (Fsp3) is 0.130. The number of azo groups is 1. The molecule has 1 atom stereocenters. The predicted molar refractivity (Wildman–Crippen MR) is 113 cm³/mol. The van der Waals surface area contributed by atoms with E-state index >= 15 is 0 Å². The molecular weight excluding hydrogens is 364 g/mol. The molecule has 0 unspecified atom stereocenters. The molecular formula is C23H22N4O2. The number of carbonyl (C=O) groups excluding carboxylic acids is 2. The molecule has 146 valence electrons. The molecule has 0 fully saturated rings. The van der Waals surface area contributed by atoms with Gasteiger partial charge in [0.2, 0.25) is 11.8 Å². The third-order valence-corrected chi connectivity index (χ3v) is 4.16. The lowest BCUT2D eigenvalue weighted by Gasteiger charge is -2.18. The molecule has 29 heavy (non-hydrogen) atoms. The van der Waals surface area contributed by atoms with E-state index in [1.165, 1.54) is 6.92 Å². The summed E-state index contributed by atoms with van der Waals surface area (Å²) in [5, 5.41) is 14.0. The summed E-state index contributed by atoms with van der Waals surface area (Å²) in [7, 11) is 0. The van der Waals surface area contributed by atoms with Gasteiger partial charge in [-0.3, -0.25) is 9.59 Å². The van der Waals surface area contributed by atoms with Crippen molar-refractivity contribution in [3.63, 3.8) is 0 Å². The summed E-state index contributed by atoms with van der Waals surface area (Å²) in [6.07, 6.45) is 0.138. The monoisotopic (exact) mass is 386 g/mol. The lowest BCUT2D eigenvalue weighted by atomic mass is 10.0. The highest BCUT2D eigenvalue weighted by atomic mass is 16.2. The highest BCUT2D eigenvalue weighted by molar-refractivity contribution is 5.91. The second kappa shape index (κ2) is 9.94. The molecule has 6 nitrogen and oxygen atoms in total. The molecule has 0 aliphatic heterocycles. The minimum atomic E-state index is -0.382. The number of rotatable bonds is 7. The zero-order valence-electron chi connectivity index (χ0n) is 16.1. The minimum Gasteiger partial charge on any atom is -0.349 e. The first-order valence-electron chi connectivity index (χ1n) is 9.29. The maximum atomic E-state index is 12.5. The molecule has 0 aromatic heterocycles. The van der Waals surface area contributed by atoms with Crippen LogP contribution in [0.3, 0.4) is 0 Å². The Morgan fingerprint density at radius 2 is 1.34 bits per heavy atom. The van der Waals surface area contributed by atoms with Crippen LogP contribution < -0.4 is 10.6 Å². The maximum absolute atomic E-state index is 12.5. The standard InChI is InChI=1S/C23H22N4O2/c1-17(28)24-22(18-8-4-2-5-9-18)16-23(29)25-19-12-14-21(15-13-19)27-26-20-10-6-3-7-11-20/h2-15,22H,16H2,1H3,(H,24,28)(H,25,29)/t22-/m1/s1. The van der Waals surface area contributed by atoms with E-state index in [9.17, 15) is 9.59 Å². The van der Waals surface area contributed by atoms with Crippen molar-refractivity contribution in [3.05, 3.63) is 90.5 Å². The molecule has 0 spiro atoms. The largest absolute Gasteiger partial charge is 0.349 e. The molecule has 6 heteroatoms. The van der Waals surface area contributed by atoms with E-state index in [0.29, 0.717) is 11.4 Å². The van der Waals surface area contributed by atoms with Crippen LogP contribution in [0.5, 0.6) is 0 Å². The number of carbonyl (C=O) groups is 2. The van der Waals surface area contributed by atoms with E-state index < -0.39 is 0 Å². The van der Waals surface area contributed by atoms with Gasteiger partial charge in [-0.1, -0.05) is 48.5 Å². The first-order chi connectivity index (χ1) is 14.1. The topological polar surface area (TPSA) is 82.9 Å². The molecule has 0 heterocycles. The average Bonchev–Trinajstić information content (AvgIpc) is 2.74. The number of amides is 2. The predicted octanol–water partition coefficient (Wildman–Crippen LogP) is 5.31. The van der Waals surface area contributed by atoms with Crippen molar-refractivity contribution in [1.29, 1.82) is 0 Å². The minimum absolute atomic E-state index is 0.138. The van der Waals surface area contributed by atoms with Crippen LogP contribution in [0.1, 0.15) is 24.9 Å². The summed E-state index contributed by atoms with van der Waals surface area (Å²) in [5.74, 6) is -0.369. The molecule has 0 aliphatic carbocycles. The Morgan fingerprint density at radius 3 is 1.93 bits per heavy atom. The lowest BCUT2D eigenvalue weighted by molar-refractivity contribution is -0.120. The first-order valence-corrected chi connectivity index (χ1v) is 9.29. The van der Waals surface area contributed by atoms with Gasteiger partial charge in [-0.05, 0) is 42.0 Å². The van der Waals surface area contributed by atoms with E-state index in [4.69, 9.17) is 0 Å². The van der Waals surface area contributed by atoms with Gasteiger partial charge < -0.3 is 10.6 Å². The smallest absolute Gasteiger partial charge is 0.226 e. The summed E-state index contributed by atoms with van der Waals surface area (Å²) in [4.78, 5) is 24.0. The molecule has 2 N–H and O–H groups in total. The van der Waals surface area contributed by atoms with E-state index in [-0.39, 0.29) is 24.3 Å². The number of anilines is 1. The second-order valence-corrected chi connectivity index (χ2v) is 6.50. The summed E-state index contributed by atoms with van der Waals surface area (Å²) < 4.78 is 0. The molecule has 2 amide bonds. The summed E-state index contributed by atoms with van der Waals surface area (Å²) >= 11 is 0. The average molecular weight is 386 g/mol. The Hall–Kier alpha value is -3.80. The molecule has 3 rings (SSSR count). The van der Waals surface area contributed by atoms with Crippen molar-refractivity contribution >= 4 is 28.9 Å². The molecule has 0 saturated heterocycles. The van der Waals surface area contributed by atoms with Gasteiger partial charge in [-0.2, -0.15) is 10.2 Å². The van der Waals surface area contributed by atoms with Crippen molar-refractivity contribution in [2.75, 3.05) is 5.32 Å². The summed E-state index contributed by atoms with van der Waals surface area (Å²) in [5.41, 5.74) is 3.00. The van der Waals surface area contributed by atoms with E-state index in [1.54, 1.807) is 24.3 Å². The maximum Gasteiger partial charge on any atom is 0.226 e. The Morgan fingerprint density at radius 1 is 0.793 bits per heavy atom. The van der Waals surface area contributed by atoms with Crippen LogP contribution in [0.2, 0.25) is 0 Å². The van der Waals surface area contributed by atoms with Crippen molar-refractivity contribution in [2.24, 2.45) is 10.2 Å². The molecule has 0 saturated carbocycles. The fourth-order valence-electron chi connectivity index (χ4n) is 2.80. The molecule has 0 aliphatic rings. The van der Waals surface area contributed by atoms with Crippen LogP contribution in [0.25, 0.3) is 0 Å². The van der Waals surface area contributed by atoms with Crippen molar-refractivity contribution < 1.29 is 9.59 Å². The van der Waals surface area contributed by atoms with Gasteiger partial charge in [0.1, 0.15) is 0 Å². The number of hydrogen-bond acceptors (Lipinski definition) is 4. The normalized spacial score (nSPS) is 11.8. The van der Waals surface area contributed by atoms with Crippen molar-refractivity contribution in [2.45, 2.75) is 19.4 Å². The Labute approximate surface area is 169 Å². The fourth-order valence-corrected chi connectivity index (χ4v) is 2.80. The quantitative estimate of drug-likeness (QED) is 0.540. The zero-order chi connectivity index (χ0) is 20.5. The SMILES string of the molecule is CC(=O)N[C@H](CC(=O)Nc1ccc(N=Nc2ccccc2)cc1)c1ccccc1. The number of benzene rings is 3. The van der Waals surface area contributed by atoms with Crippen LogP contribution >= 0.6 is 0 Å². The van der Waals surface area contributed by atoms with Gasteiger partial charge in [0.05, 0.1) is 23.8 Å². The Balaban J connectivity index is 1.60. The summed E-state index contributed by atoms with van der Waals surface area (Å²) in [6, 6.07) is 25.6. The molecule has 3 aromatic rings. The van der Waals surface area contributed by atoms with Crippen LogP contribution in [0.15, 0.2) is 95.2 Å². The van der Waals surface area contributed by atoms with E-state index in [1.807, 2.05) is 60.7 Å². The molecule has 0 radical (unpaired) electrons. The number of nitrogens with one attached hydrogen (secondary N) is 2. The van der Waals surface area contributed by atoms with Gasteiger partial charge in [-0.25, -0.2) is 0 Å². The number of hydrogen-bond donors (Lipinski definition) is 2. The summed E-state index contributed by atoms with van der Waals surface area (Å²) in [6.45, 7) is 1.44. The highest BCUT2D eigenvalue weighted by Crippen LogP contribution is 2.21. The third-order valence-electron chi connectivity index (χ3n) is 4.16. The molecule has 3 aromatic carbocycles. The van der Waals surface area contributed by atoms with Crippen molar-refractivity contribution in [1.82, 2.24) is 5.32 Å². The third kappa shape index (κ3) is 6.39. The Kier molecular flexibility index (Phi) is 6.84. The second-order valence-electron chi connectivity index (χ2n) is 6.50. The van der Waals surface area contributed by atoms with Gasteiger partial charge in [0, 0.05) is 12.6 Å². The zero-order valence-corrected chi connectivity index (χ0v) is 16.1. The lowest BCUT2D eigenvalue weighted by Crippen LogP contribution is -2.29. The van der Waals surface area contributed by atoms with Crippen LogP contribution in [0.4, 0.5) is 17.1 Å². The van der Waals surface area contributed by atoms with Gasteiger partial charge >= 0.3 is 0 Å². The molecule has 0 bridgehead atoms. The van der Waals surface area contributed by atoms with Crippen LogP contribution in [-0.2, 0) is 9.59 Å². The highest BCUT2D eigenvalue weighted by Gasteiger charge is 2.17. The Bertz CT molecular complexity index is 971. The van der Waals surface area contributed by atoms with Crippen molar-refractivity contribution in [3.8, 4) is 0 Å². The van der Waals surface area contributed by atoms with Gasteiger partial charge in [-0.15, -0.1) is 0 Å². The number of nitrogens with zero attached hydrogens (tertiary/aromatic N) is 2.